The molecule has 0 aliphatic rings. The molecule has 0 saturated heterocycles. The second-order valence-corrected chi connectivity index (χ2v) is 7.29. The van der Waals surface area contributed by atoms with Crippen molar-refractivity contribution in [2.45, 2.75) is 52.6 Å². The Morgan fingerprint density at radius 1 is 1.08 bits per heavy atom. The van der Waals surface area contributed by atoms with Crippen LogP contribution < -0.4 is 0 Å². The van der Waals surface area contributed by atoms with Crippen molar-refractivity contribution in [1.29, 1.82) is 0 Å². The lowest BCUT2D eigenvalue weighted by molar-refractivity contribution is 0.103. The highest BCUT2D eigenvalue weighted by molar-refractivity contribution is 7.24. The first-order chi connectivity index (χ1) is 11.5. The van der Waals surface area contributed by atoms with E-state index in [1.807, 2.05) is 57.2 Å². The van der Waals surface area contributed by atoms with Crippen LogP contribution in [0.15, 0.2) is 36.4 Å². The van der Waals surface area contributed by atoms with Crippen LogP contribution in [0.3, 0.4) is 0 Å². The maximum atomic E-state index is 13.2. The number of benzene rings is 2. The third-order valence-electron chi connectivity index (χ3n) is 4.43. The highest BCUT2D eigenvalue weighted by Gasteiger charge is 2.22. The van der Waals surface area contributed by atoms with Crippen LogP contribution in [0.1, 0.15) is 70.0 Å². The quantitative estimate of drug-likeness (QED) is 0.434. The molecule has 0 radical (unpaired) electrons. The van der Waals surface area contributed by atoms with Crippen molar-refractivity contribution in [2.75, 3.05) is 0 Å². The number of rotatable bonds is 7. The van der Waals surface area contributed by atoms with Crippen molar-refractivity contribution in [3.63, 3.8) is 0 Å². The first-order valence-corrected chi connectivity index (χ1v) is 9.41. The van der Waals surface area contributed by atoms with Crippen molar-refractivity contribution in [2.24, 2.45) is 0 Å². The minimum absolute atomic E-state index is 0.0331. The summed E-state index contributed by atoms with van der Waals surface area (Å²) in [6.07, 6.45) is 2.89. The SMILES string of the molecule is CCCCC(P=O)c1ccccc1C(=O)c1c(C)cc(C)cc1C. The highest BCUT2D eigenvalue weighted by Crippen LogP contribution is 2.35. The lowest BCUT2D eigenvalue weighted by Gasteiger charge is -2.16. The zero-order chi connectivity index (χ0) is 17.7. The van der Waals surface area contributed by atoms with Gasteiger partial charge in [0.2, 0.25) is 0 Å². The molecular weight excluding hydrogens is 315 g/mol. The molecule has 2 aromatic rings. The monoisotopic (exact) mass is 340 g/mol. The van der Waals surface area contributed by atoms with Gasteiger partial charge in [0.05, 0.1) is 5.66 Å². The topological polar surface area (TPSA) is 34.1 Å². The standard InChI is InChI=1S/C21H25O2P/c1-5-6-11-19(24-23)17-9-7-8-10-18(17)21(22)20-15(3)12-14(2)13-16(20)4/h7-10,12-13,19H,5-6,11H2,1-4H3. The summed E-state index contributed by atoms with van der Waals surface area (Å²) >= 11 is 0. The van der Waals surface area contributed by atoms with Gasteiger partial charge in [0.1, 0.15) is 0 Å². The molecule has 0 aliphatic heterocycles. The summed E-state index contributed by atoms with van der Waals surface area (Å²) in [6, 6.07) is 11.7. The second kappa shape index (κ2) is 8.35. The van der Waals surface area contributed by atoms with E-state index in [1.165, 1.54) is 0 Å². The van der Waals surface area contributed by atoms with Gasteiger partial charge in [-0.2, -0.15) is 0 Å². The fraction of sp³-hybridized carbons (Fsp3) is 0.381. The van der Waals surface area contributed by atoms with Gasteiger partial charge in [-0.1, -0.05) is 61.7 Å². The Morgan fingerprint density at radius 2 is 1.71 bits per heavy atom. The Hall–Kier alpha value is -1.79. The summed E-state index contributed by atoms with van der Waals surface area (Å²) < 4.78 is 11.7. The zero-order valence-electron chi connectivity index (χ0n) is 14.9. The Labute approximate surface area is 146 Å². The van der Waals surface area contributed by atoms with Crippen molar-refractivity contribution >= 4 is 14.2 Å². The minimum Gasteiger partial charge on any atom is -0.289 e. The van der Waals surface area contributed by atoms with Gasteiger partial charge in [0, 0.05) is 11.1 Å². The zero-order valence-corrected chi connectivity index (χ0v) is 15.8. The molecule has 0 amide bonds. The number of carbonyl (C=O) groups excluding carboxylic acids is 1. The summed E-state index contributed by atoms with van der Waals surface area (Å²) in [4.78, 5) is 13.2. The fourth-order valence-corrected chi connectivity index (χ4v) is 3.96. The molecule has 0 spiro atoms. The van der Waals surface area contributed by atoms with Crippen LogP contribution in [0.5, 0.6) is 0 Å². The lowest BCUT2D eigenvalue weighted by Crippen LogP contribution is -2.10. The van der Waals surface area contributed by atoms with Gasteiger partial charge >= 0.3 is 0 Å². The van der Waals surface area contributed by atoms with Crippen LogP contribution in [-0.2, 0) is 4.57 Å². The van der Waals surface area contributed by atoms with Crippen molar-refractivity contribution < 1.29 is 9.36 Å². The van der Waals surface area contributed by atoms with Crippen LogP contribution in [0.2, 0.25) is 0 Å². The van der Waals surface area contributed by atoms with Crippen LogP contribution in [-0.4, -0.2) is 5.78 Å². The summed E-state index contributed by atoms with van der Waals surface area (Å²) in [6.45, 7) is 8.13. The van der Waals surface area contributed by atoms with Crippen LogP contribution in [0.25, 0.3) is 0 Å². The number of aryl methyl sites for hydroxylation is 3. The molecule has 0 bridgehead atoms. The highest BCUT2D eigenvalue weighted by atomic mass is 31.1. The first-order valence-electron chi connectivity index (χ1n) is 8.53. The predicted molar refractivity (Wildman–Crippen MR) is 100 cm³/mol. The molecule has 0 fully saturated rings. The minimum atomic E-state index is -0.115. The number of unbranched alkanes of at least 4 members (excludes halogenated alkanes) is 1. The summed E-state index contributed by atoms with van der Waals surface area (Å²) in [5.41, 5.74) is 5.38. The Morgan fingerprint density at radius 3 is 2.29 bits per heavy atom. The molecule has 24 heavy (non-hydrogen) atoms. The van der Waals surface area contributed by atoms with Crippen LogP contribution >= 0.6 is 8.46 Å². The third-order valence-corrected chi connectivity index (χ3v) is 5.22. The first kappa shape index (κ1) is 18.5. The summed E-state index contributed by atoms with van der Waals surface area (Å²) in [7, 11) is 0.0858. The molecule has 2 nitrogen and oxygen atoms in total. The predicted octanol–water partition coefficient (Wildman–Crippen LogP) is 6.37. The Kier molecular flexibility index (Phi) is 6.45. The van der Waals surface area contributed by atoms with E-state index in [4.69, 9.17) is 0 Å². The molecule has 0 heterocycles. The molecule has 2 rings (SSSR count). The van der Waals surface area contributed by atoms with Gasteiger partial charge in [0.15, 0.2) is 14.2 Å². The Balaban J connectivity index is 2.50. The van der Waals surface area contributed by atoms with Crippen molar-refractivity contribution in [3.8, 4) is 0 Å². The maximum absolute atomic E-state index is 13.2. The van der Waals surface area contributed by atoms with E-state index in [0.717, 1.165) is 47.1 Å². The average molecular weight is 340 g/mol. The summed E-state index contributed by atoms with van der Waals surface area (Å²) in [5, 5.41) is 0. The summed E-state index contributed by atoms with van der Waals surface area (Å²) in [5.74, 6) is 0.0331. The van der Waals surface area contributed by atoms with E-state index in [2.05, 4.69) is 6.92 Å². The fourth-order valence-electron chi connectivity index (χ4n) is 3.33. The van der Waals surface area contributed by atoms with Gasteiger partial charge in [-0.3, -0.25) is 9.36 Å². The number of hydrogen-bond donors (Lipinski definition) is 0. The molecule has 1 unspecified atom stereocenters. The van der Waals surface area contributed by atoms with Gasteiger partial charge < -0.3 is 0 Å². The normalized spacial score (nSPS) is 12.3. The number of hydrogen-bond acceptors (Lipinski definition) is 2. The number of ketones is 1. The van der Waals surface area contributed by atoms with Crippen molar-refractivity contribution in [1.82, 2.24) is 0 Å². The molecule has 0 aromatic heterocycles. The molecule has 1 atom stereocenters. The molecule has 3 heteroatoms. The van der Waals surface area contributed by atoms with E-state index in [-0.39, 0.29) is 19.9 Å². The van der Waals surface area contributed by atoms with E-state index >= 15 is 0 Å². The molecular formula is C21H25O2P. The van der Waals surface area contributed by atoms with Gasteiger partial charge in [-0.25, -0.2) is 0 Å². The smallest absolute Gasteiger partial charge is 0.193 e. The van der Waals surface area contributed by atoms with Gasteiger partial charge in [-0.05, 0) is 43.9 Å². The largest absolute Gasteiger partial charge is 0.289 e. The molecule has 126 valence electrons. The molecule has 0 saturated carbocycles. The van der Waals surface area contributed by atoms with Crippen LogP contribution in [0.4, 0.5) is 0 Å². The van der Waals surface area contributed by atoms with E-state index < -0.39 is 0 Å². The lowest BCUT2D eigenvalue weighted by atomic mass is 9.89. The molecule has 0 aliphatic carbocycles. The van der Waals surface area contributed by atoms with E-state index in [9.17, 15) is 9.36 Å². The van der Waals surface area contributed by atoms with Gasteiger partial charge in [-0.15, -0.1) is 0 Å². The van der Waals surface area contributed by atoms with Gasteiger partial charge in [0.25, 0.3) is 0 Å². The molecule has 2 aromatic carbocycles. The Bertz CT molecular complexity index is 726. The molecule has 0 N–H and O–H groups in total. The second-order valence-electron chi connectivity index (χ2n) is 6.45. The third kappa shape index (κ3) is 3.99. The average Bonchev–Trinajstić information content (AvgIpc) is 2.55. The maximum Gasteiger partial charge on any atom is 0.193 e. The van der Waals surface area contributed by atoms with Crippen LogP contribution in [0, 0.1) is 20.8 Å². The van der Waals surface area contributed by atoms with E-state index in [0.29, 0.717) is 5.56 Å². The van der Waals surface area contributed by atoms with Crippen molar-refractivity contribution in [3.05, 3.63) is 69.8 Å². The van der Waals surface area contributed by atoms with E-state index in [1.54, 1.807) is 0 Å². The number of carbonyl (C=O) groups is 1.